The maximum Gasteiger partial charge on any atom is 0.508 e. The molecule has 1 aliphatic heterocycles. The number of allylic oxidation sites excluding steroid dienone is 1. The molecule has 0 fully saturated rings. The topological polar surface area (TPSA) is 94.5 Å². The van der Waals surface area contributed by atoms with Crippen molar-refractivity contribution >= 4 is 20.6 Å². The lowest BCUT2D eigenvalue weighted by Gasteiger charge is -2.42. The van der Waals surface area contributed by atoms with E-state index in [4.69, 9.17) is 18.6 Å². The summed E-state index contributed by atoms with van der Waals surface area (Å²) >= 11 is 0. The number of ether oxygens (including phenoxy) is 3. The third-order valence-corrected chi connectivity index (χ3v) is 14.3. The quantitative estimate of drug-likeness (QED) is 0.132. The van der Waals surface area contributed by atoms with Crippen LogP contribution in [0.2, 0.25) is 16.6 Å². The SMILES string of the molecule is CC(C)[Si](OCCCC1=C[C@H](O)C[C@H](COC(=O)OCc2ccccc2)N1C(=O)OCc1ccccc1)(C(C)C)C(C)C. The summed E-state index contributed by atoms with van der Waals surface area (Å²) in [5.41, 5.74) is 3.74. The van der Waals surface area contributed by atoms with Gasteiger partial charge in [-0.15, -0.1) is 0 Å². The van der Waals surface area contributed by atoms with Gasteiger partial charge in [-0.25, -0.2) is 9.59 Å². The summed E-state index contributed by atoms with van der Waals surface area (Å²) in [6.45, 7) is 14.1. The summed E-state index contributed by atoms with van der Waals surface area (Å²) in [4.78, 5) is 27.4. The third kappa shape index (κ3) is 9.68. The van der Waals surface area contributed by atoms with Crippen LogP contribution in [0.1, 0.15) is 71.9 Å². The molecule has 9 heteroatoms. The van der Waals surface area contributed by atoms with Gasteiger partial charge < -0.3 is 23.7 Å². The average Bonchev–Trinajstić information content (AvgIpc) is 2.98. The van der Waals surface area contributed by atoms with Crippen molar-refractivity contribution < 1.29 is 33.3 Å². The average molecular weight is 612 g/mol. The van der Waals surface area contributed by atoms with E-state index in [1.807, 2.05) is 60.7 Å². The lowest BCUT2D eigenvalue weighted by molar-refractivity contribution is 0.0142. The van der Waals surface area contributed by atoms with Crippen LogP contribution in [0, 0.1) is 0 Å². The number of carbonyl (C=O) groups excluding carboxylic acids is 2. The van der Waals surface area contributed by atoms with Crippen molar-refractivity contribution in [3.8, 4) is 0 Å². The molecule has 0 spiro atoms. The Hall–Kier alpha value is -3.14. The summed E-state index contributed by atoms with van der Waals surface area (Å²) in [7, 11) is -2.03. The minimum absolute atomic E-state index is 0.0783. The predicted molar refractivity (Wildman–Crippen MR) is 170 cm³/mol. The van der Waals surface area contributed by atoms with Gasteiger partial charge in [0.2, 0.25) is 0 Å². The van der Waals surface area contributed by atoms with Crippen molar-refractivity contribution in [3.63, 3.8) is 0 Å². The number of benzene rings is 2. The van der Waals surface area contributed by atoms with Crippen molar-refractivity contribution in [2.24, 2.45) is 0 Å². The highest BCUT2D eigenvalue weighted by atomic mass is 28.4. The summed E-state index contributed by atoms with van der Waals surface area (Å²) in [5.74, 6) is 0. The van der Waals surface area contributed by atoms with Gasteiger partial charge in [-0.1, -0.05) is 102 Å². The number of rotatable bonds is 14. The minimum atomic E-state index is -2.03. The fourth-order valence-electron chi connectivity index (χ4n) is 6.32. The van der Waals surface area contributed by atoms with E-state index >= 15 is 0 Å². The molecule has 8 nitrogen and oxygen atoms in total. The highest BCUT2D eigenvalue weighted by Gasteiger charge is 2.45. The summed E-state index contributed by atoms with van der Waals surface area (Å²) < 4.78 is 23.1. The van der Waals surface area contributed by atoms with Crippen LogP contribution in [-0.4, -0.2) is 55.9 Å². The van der Waals surface area contributed by atoms with E-state index in [0.717, 1.165) is 11.1 Å². The van der Waals surface area contributed by atoms with Gasteiger partial charge in [-0.05, 0) is 46.7 Å². The molecule has 0 saturated carbocycles. The van der Waals surface area contributed by atoms with Crippen LogP contribution < -0.4 is 0 Å². The van der Waals surface area contributed by atoms with Crippen LogP contribution >= 0.6 is 0 Å². The first-order chi connectivity index (χ1) is 20.5. The normalized spacial score (nSPS) is 17.3. The van der Waals surface area contributed by atoms with Gasteiger partial charge in [-0.2, -0.15) is 0 Å². The lowest BCUT2D eigenvalue weighted by atomic mass is 9.99. The highest BCUT2D eigenvalue weighted by molar-refractivity contribution is 6.77. The molecule has 3 rings (SSSR count). The lowest BCUT2D eigenvalue weighted by Crippen LogP contribution is -2.48. The van der Waals surface area contributed by atoms with Crippen molar-refractivity contribution in [1.29, 1.82) is 0 Å². The molecular weight excluding hydrogens is 562 g/mol. The molecule has 0 aromatic heterocycles. The maximum atomic E-state index is 13.5. The van der Waals surface area contributed by atoms with E-state index in [2.05, 4.69) is 41.5 Å². The number of amides is 1. The molecule has 43 heavy (non-hydrogen) atoms. The van der Waals surface area contributed by atoms with Gasteiger partial charge in [-0.3, -0.25) is 4.90 Å². The Bertz CT molecular complexity index is 1150. The Morgan fingerprint density at radius 1 is 0.837 bits per heavy atom. The Balaban J connectivity index is 1.69. The Morgan fingerprint density at radius 2 is 1.37 bits per heavy atom. The largest absolute Gasteiger partial charge is 0.508 e. The van der Waals surface area contributed by atoms with E-state index in [1.54, 1.807) is 6.08 Å². The predicted octanol–water partition coefficient (Wildman–Crippen LogP) is 7.97. The molecule has 2 aromatic carbocycles. The van der Waals surface area contributed by atoms with Crippen molar-refractivity contribution in [2.75, 3.05) is 13.2 Å². The highest BCUT2D eigenvalue weighted by Crippen LogP contribution is 2.42. The van der Waals surface area contributed by atoms with Gasteiger partial charge in [0.1, 0.15) is 19.8 Å². The molecule has 1 aliphatic rings. The van der Waals surface area contributed by atoms with Crippen LogP contribution in [0.5, 0.6) is 0 Å². The maximum absolute atomic E-state index is 13.5. The zero-order chi connectivity index (χ0) is 31.4. The van der Waals surface area contributed by atoms with E-state index in [-0.39, 0.29) is 26.2 Å². The second kappa shape index (κ2) is 16.6. The second-order valence-corrected chi connectivity index (χ2v) is 17.6. The van der Waals surface area contributed by atoms with Gasteiger partial charge in [0.15, 0.2) is 8.32 Å². The third-order valence-electron chi connectivity index (χ3n) is 8.20. The number of carbonyl (C=O) groups is 2. The zero-order valence-corrected chi connectivity index (χ0v) is 27.5. The molecule has 0 bridgehead atoms. The molecular formula is C34H49NO7Si. The molecule has 2 atom stereocenters. The van der Waals surface area contributed by atoms with E-state index < -0.39 is 32.7 Å². The number of aliphatic hydroxyl groups excluding tert-OH is 1. The van der Waals surface area contributed by atoms with Crippen LogP contribution in [0.3, 0.4) is 0 Å². The zero-order valence-electron chi connectivity index (χ0n) is 26.5. The van der Waals surface area contributed by atoms with Gasteiger partial charge in [0.05, 0.1) is 12.1 Å². The van der Waals surface area contributed by atoms with E-state index in [1.165, 1.54) is 4.90 Å². The summed E-state index contributed by atoms with van der Waals surface area (Å²) in [6, 6.07) is 18.2. The first kappa shape index (κ1) is 34.3. The number of nitrogens with zero attached hydrogens (tertiary/aromatic N) is 1. The van der Waals surface area contributed by atoms with Crippen molar-refractivity contribution in [1.82, 2.24) is 4.90 Å². The molecule has 2 aromatic rings. The Labute approximate surface area is 258 Å². The first-order valence-electron chi connectivity index (χ1n) is 15.4. The molecule has 0 radical (unpaired) electrons. The molecule has 236 valence electrons. The van der Waals surface area contributed by atoms with Crippen LogP contribution in [0.15, 0.2) is 72.4 Å². The smallest absolute Gasteiger partial charge is 0.444 e. The number of hydrogen-bond acceptors (Lipinski definition) is 7. The van der Waals surface area contributed by atoms with Crippen molar-refractivity contribution in [3.05, 3.63) is 83.6 Å². The van der Waals surface area contributed by atoms with Gasteiger partial charge in [0, 0.05) is 18.7 Å². The fraction of sp³-hybridized carbons (Fsp3) is 0.529. The number of hydrogen-bond donors (Lipinski definition) is 1. The number of aliphatic hydroxyl groups is 1. The van der Waals surface area contributed by atoms with Gasteiger partial charge in [0.25, 0.3) is 0 Å². The molecule has 1 amide bonds. The summed E-state index contributed by atoms with van der Waals surface area (Å²) in [5, 5.41) is 10.7. The van der Waals surface area contributed by atoms with Crippen LogP contribution in [-0.2, 0) is 31.9 Å². The Morgan fingerprint density at radius 3 is 1.91 bits per heavy atom. The molecule has 0 unspecified atom stereocenters. The van der Waals surface area contributed by atoms with Crippen LogP contribution in [0.4, 0.5) is 9.59 Å². The molecule has 0 aliphatic carbocycles. The Kier molecular flexibility index (Phi) is 13.3. The second-order valence-electron chi connectivity index (χ2n) is 12.1. The van der Waals surface area contributed by atoms with Crippen LogP contribution in [0.25, 0.3) is 0 Å². The van der Waals surface area contributed by atoms with Crippen molar-refractivity contribution in [2.45, 2.75) is 103 Å². The van der Waals surface area contributed by atoms with E-state index in [0.29, 0.717) is 41.8 Å². The van der Waals surface area contributed by atoms with Gasteiger partial charge >= 0.3 is 12.2 Å². The standard InChI is InChI=1S/C34H49NO7Si/c1-25(2)43(26(3)4,27(5)6)42-19-13-18-30-20-32(36)21-31(24-41-34(38)40-23-29-16-11-8-12-17-29)35(30)33(37)39-22-28-14-9-7-10-15-28/h7-12,14-17,20,25-27,31-32,36H,13,18-19,21-24H2,1-6H3/t31-,32+/m1/s1. The fourth-order valence-corrected chi connectivity index (χ4v) is 11.8. The first-order valence-corrected chi connectivity index (χ1v) is 17.5. The monoisotopic (exact) mass is 611 g/mol. The minimum Gasteiger partial charge on any atom is -0.444 e. The summed E-state index contributed by atoms with van der Waals surface area (Å²) in [6.07, 6.45) is 0.906. The van der Waals surface area contributed by atoms with E-state index in [9.17, 15) is 14.7 Å². The molecule has 0 saturated heterocycles. The molecule has 1 heterocycles. The molecule has 1 N–H and O–H groups in total.